The molecule has 312 valence electrons. The molecule has 0 N–H and O–H groups in total. The number of fused-ring (bicyclic) bond motifs is 17. The summed E-state index contributed by atoms with van der Waals surface area (Å²) < 4.78 is 26.2. The van der Waals surface area contributed by atoms with Gasteiger partial charge in [0.05, 0.1) is 33.2 Å². The Kier molecular flexibility index (Phi) is 7.29. The summed E-state index contributed by atoms with van der Waals surface area (Å²) in [4.78, 5) is 2.44. The lowest BCUT2D eigenvalue weighted by Gasteiger charge is -2.39. The molecule has 65 heavy (non-hydrogen) atoms. The van der Waals surface area contributed by atoms with E-state index in [0.29, 0.717) is 0 Å². The van der Waals surface area contributed by atoms with Gasteiger partial charge in [0.2, 0.25) is 0 Å². The van der Waals surface area contributed by atoms with E-state index in [9.17, 15) is 0 Å². The number of aromatic nitrogens is 1. The minimum atomic E-state index is -0.132. The van der Waals surface area contributed by atoms with Crippen molar-refractivity contribution in [3.8, 4) is 17.2 Å². The van der Waals surface area contributed by atoms with Gasteiger partial charge in [0.1, 0.15) is 28.2 Å². The van der Waals surface area contributed by atoms with E-state index in [1.807, 2.05) is 17.4 Å². The molecule has 0 spiro atoms. The summed E-state index contributed by atoms with van der Waals surface area (Å²) in [6.45, 7) is 13.5. The van der Waals surface area contributed by atoms with Gasteiger partial charge in [0.25, 0.3) is 6.71 Å². The Balaban J connectivity index is 1.14. The highest BCUT2D eigenvalue weighted by Gasteiger charge is 2.46. The van der Waals surface area contributed by atoms with Crippen LogP contribution in [0.5, 0.6) is 11.5 Å². The van der Waals surface area contributed by atoms with E-state index in [4.69, 9.17) is 13.6 Å². The highest BCUT2D eigenvalue weighted by Crippen LogP contribution is 2.50. The molecule has 2 aliphatic rings. The predicted octanol–water partition coefficient (Wildman–Crippen LogP) is 14.8. The van der Waals surface area contributed by atoms with E-state index in [1.165, 1.54) is 31.5 Å². The normalized spacial score (nSPS) is 13.8. The fourth-order valence-electron chi connectivity index (χ4n) is 11.0. The third-order valence-electron chi connectivity index (χ3n) is 14.2. The Hall–Kier alpha value is -7.22. The summed E-state index contributed by atoms with van der Waals surface area (Å²) in [7, 11) is 0. The zero-order chi connectivity index (χ0) is 43.7. The van der Waals surface area contributed by atoms with Crippen molar-refractivity contribution in [1.82, 2.24) is 4.57 Å². The molecule has 0 aliphatic carbocycles. The molecule has 4 aromatic heterocycles. The molecule has 5 nitrogen and oxygen atoms in total. The first-order valence-electron chi connectivity index (χ1n) is 22.6. The number of ether oxygens (including phenoxy) is 1. The van der Waals surface area contributed by atoms with Crippen molar-refractivity contribution in [2.24, 2.45) is 0 Å². The fourth-order valence-corrected chi connectivity index (χ4v) is 12.2. The van der Waals surface area contributed by atoms with Crippen molar-refractivity contribution < 1.29 is 13.6 Å². The van der Waals surface area contributed by atoms with Gasteiger partial charge in [-0.15, -0.1) is 11.3 Å². The van der Waals surface area contributed by atoms with Gasteiger partial charge in [-0.25, -0.2) is 0 Å². The van der Waals surface area contributed by atoms with Gasteiger partial charge < -0.3 is 23.0 Å². The highest BCUT2D eigenvalue weighted by atomic mass is 32.1. The van der Waals surface area contributed by atoms with Crippen LogP contribution in [0, 0.1) is 0 Å². The zero-order valence-electron chi connectivity index (χ0n) is 37.0. The van der Waals surface area contributed by atoms with Crippen LogP contribution in [0.1, 0.15) is 52.7 Å². The Labute approximate surface area is 380 Å². The zero-order valence-corrected chi connectivity index (χ0v) is 37.9. The number of benzene rings is 8. The van der Waals surface area contributed by atoms with E-state index in [0.717, 1.165) is 105 Å². The van der Waals surface area contributed by atoms with Gasteiger partial charge in [0.15, 0.2) is 5.58 Å². The van der Waals surface area contributed by atoms with E-state index in [2.05, 4.69) is 197 Å². The quantitative estimate of drug-likeness (QED) is 0.162. The number of hydrogen-bond acceptors (Lipinski definition) is 5. The summed E-state index contributed by atoms with van der Waals surface area (Å²) in [5.41, 5.74) is 14.9. The Morgan fingerprint density at radius 1 is 0.523 bits per heavy atom. The topological polar surface area (TPSA) is 43.7 Å². The van der Waals surface area contributed by atoms with E-state index >= 15 is 0 Å². The average molecular weight is 859 g/mol. The molecule has 6 heterocycles. The number of nitrogens with zero attached hydrogens (tertiary/aromatic N) is 2. The number of thiophene rings is 1. The van der Waals surface area contributed by atoms with Crippen LogP contribution >= 0.6 is 11.3 Å². The first-order valence-corrected chi connectivity index (χ1v) is 23.4. The first kappa shape index (κ1) is 37.2. The van der Waals surface area contributed by atoms with E-state index < -0.39 is 0 Å². The SMILES string of the molecule is CC(C)(C)c1ccc(N2c3cccc4c3B(c3cc(-n5c6ccccc6c6c7oc8ccccc8c7ccc65)c5c(oc6ccccc65)c32)c2sc3ccc(C(C)(C)C)cc3c2O4)cc1. The van der Waals surface area contributed by atoms with Crippen molar-refractivity contribution >= 4 is 127 Å². The molecular weight excluding hydrogens is 816 g/mol. The molecule has 8 aromatic carbocycles. The lowest BCUT2D eigenvalue weighted by Crippen LogP contribution is -2.58. The molecule has 0 saturated carbocycles. The molecule has 0 amide bonds. The third-order valence-corrected chi connectivity index (χ3v) is 15.4. The average Bonchev–Trinajstić information content (AvgIpc) is 4.07. The van der Waals surface area contributed by atoms with Crippen LogP contribution in [0.2, 0.25) is 0 Å². The maximum absolute atomic E-state index is 7.31. The first-order chi connectivity index (χ1) is 31.5. The number of anilines is 3. The van der Waals surface area contributed by atoms with Crippen LogP contribution in [0.15, 0.2) is 160 Å². The van der Waals surface area contributed by atoms with Crippen LogP contribution in [0.3, 0.4) is 0 Å². The molecule has 0 fully saturated rings. The maximum atomic E-state index is 7.31. The fraction of sp³-hybridized carbons (Fsp3) is 0.138. The number of rotatable bonds is 2. The van der Waals surface area contributed by atoms with Crippen molar-refractivity contribution in [1.29, 1.82) is 0 Å². The number of furan rings is 2. The monoisotopic (exact) mass is 858 g/mol. The summed E-state index contributed by atoms with van der Waals surface area (Å²) in [5, 5.41) is 7.80. The molecule has 12 aromatic rings. The van der Waals surface area contributed by atoms with Crippen LogP contribution in [-0.4, -0.2) is 11.3 Å². The summed E-state index contributed by atoms with van der Waals surface area (Å²) in [6, 6.07) is 55.3. The second-order valence-corrected chi connectivity index (χ2v) is 21.1. The number of para-hydroxylation sites is 3. The molecule has 14 rings (SSSR count). The summed E-state index contributed by atoms with van der Waals surface area (Å²) >= 11 is 1.85. The van der Waals surface area contributed by atoms with Gasteiger partial charge in [-0.05, 0) is 106 Å². The van der Waals surface area contributed by atoms with Gasteiger partial charge in [0, 0.05) is 47.8 Å². The van der Waals surface area contributed by atoms with Crippen molar-refractivity contribution in [2.75, 3.05) is 4.90 Å². The maximum Gasteiger partial charge on any atom is 0.269 e. The minimum Gasteiger partial charge on any atom is -0.457 e. The van der Waals surface area contributed by atoms with Crippen LogP contribution in [-0.2, 0) is 10.8 Å². The largest absolute Gasteiger partial charge is 0.457 e. The van der Waals surface area contributed by atoms with Gasteiger partial charge in [-0.2, -0.15) is 0 Å². The van der Waals surface area contributed by atoms with Crippen LogP contribution in [0.25, 0.3) is 81.5 Å². The lowest BCUT2D eigenvalue weighted by molar-refractivity contribution is 0.494. The molecule has 0 saturated heterocycles. The highest BCUT2D eigenvalue weighted by molar-refractivity contribution is 7.33. The van der Waals surface area contributed by atoms with Gasteiger partial charge in [-0.1, -0.05) is 120 Å². The van der Waals surface area contributed by atoms with Gasteiger partial charge in [-0.3, -0.25) is 0 Å². The predicted molar refractivity (Wildman–Crippen MR) is 274 cm³/mol. The third kappa shape index (κ3) is 5.05. The van der Waals surface area contributed by atoms with Gasteiger partial charge >= 0.3 is 0 Å². The molecule has 0 bridgehead atoms. The molecule has 0 radical (unpaired) electrons. The van der Waals surface area contributed by atoms with E-state index in [1.54, 1.807) is 0 Å². The minimum absolute atomic E-state index is 0.00474. The summed E-state index contributed by atoms with van der Waals surface area (Å²) in [5.74, 6) is 1.84. The van der Waals surface area contributed by atoms with E-state index in [-0.39, 0.29) is 17.5 Å². The lowest BCUT2D eigenvalue weighted by atomic mass is 9.36. The van der Waals surface area contributed by atoms with Crippen LogP contribution < -0.4 is 25.3 Å². The molecule has 2 aliphatic heterocycles. The summed E-state index contributed by atoms with van der Waals surface area (Å²) in [6.07, 6.45) is 0. The van der Waals surface area contributed by atoms with Crippen molar-refractivity contribution in [3.05, 3.63) is 163 Å². The van der Waals surface area contributed by atoms with Crippen molar-refractivity contribution in [3.63, 3.8) is 0 Å². The second-order valence-electron chi connectivity index (χ2n) is 20.0. The Morgan fingerprint density at radius 3 is 2.00 bits per heavy atom. The molecule has 0 unspecified atom stereocenters. The second kappa shape index (κ2) is 12.7. The molecular formula is C58H43BN2O3S. The molecule has 7 heteroatoms. The number of hydrogen-bond donors (Lipinski definition) is 0. The Morgan fingerprint density at radius 2 is 1.22 bits per heavy atom. The molecule has 0 atom stereocenters. The Bertz CT molecular complexity index is 4020. The van der Waals surface area contributed by atoms with Crippen LogP contribution in [0.4, 0.5) is 17.1 Å². The standard InChI is InChI=1S/C58H43BN2O3S/c1-57(2,3)32-22-25-34(26-23-32)60-43-18-13-21-47-51(43)59(56-54(64-47)39-30-33(58(4,5)6)24-29-48(39)65-56)40-31-44(50-38-16-9-12-20-46(38)63-55(50)52(40)60)61-41-17-10-7-15-37(41)49-42(61)28-27-36-35-14-8-11-19-45(35)62-53(36)49/h7-31H,1-6H3. The smallest absolute Gasteiger partial charge is 0.269 e. The van der Waals surface area contributed by atoms with Crippen molar-refractivity contribution in [2.45, 2.75) is 52.4 Å².